The Morgan fingerprint density at radius 2 is 2.19 bits per heavy atom. The van der Waals surface area contributed by atoms with E-state index in [0.717, 1.165) is 9.86 Å². The van der Waals surface area contributed by atoms with Crippen molar-refractivity contribution in [2.24, 2.45) is 0 Å². The van der Waals surface area contributed by atoms with E-state index >= 15 is 0 Å². The number of pyridine rings is 1. The molecular weight excluding hydrogens is 358 g/mol. The highest BCUT2D eigenvalue weighted by Crippen LogP contribution is 2.25. The largest absolute Gasteiger partial charge is 0.396 e. The van der Waals surface area contributed by atoms with E-state index in [-0.39, 0.29) is 13.2 Å². The van der Waals surface area contributed by atoms with Crippen LogP contribution in [-0.2, 0) is 10.2 Å². The van der Waals surface area contributed by atoms with Gasteiger partial charge in [0.05, 0.1) is 11.2 Å². The molecule has 0 atom stereocenters. The van der Waals surface area contributed by atoms with Gasteiger partial charge in [0.1, 0.15) is 0 Å². The third kappa shape index (κ3) is 3.91. The monoisotopic (exact) mass is 373 g/mol. The summed E-state index contributed by atoms with van der Waals surface area (Å²) in [6.45, 7) is 0.194. The number of hydrogen-bond acceptors (Lipinski definition) is 4. The Bertz CT molecular complexity index is 737. The van der Waals surface area contributed by atoms with Gasteiger partial charge in [-0.25, -0.2) is 0 Å². The highest BCUT2D eigenvalue weighted by atomic mass is 79.9. The highest BCUT2D eigenvalue weighted by Gasteiger charge is 2.18. The highest BCUT2D eigenvalue weighted by molar-refractivity contribution is 9.10. The molecule has 6 nitrogen and oxygen atoms in total. The molecule has 0 spiro atoms. The van der Waals surface area contributed by atoms with Gasteiger partial charge in [0.15, 0.2) is 0 Å². The normalized spacial score (nSPS) is 12.0. The minimum Gasteiger partial charge on any atom is -0.396 e. The molecule has 0 amide bonds. The Hall–Kier alpha value is -1.22. The number of para-hydroxylation sites is 1. The van der Waals surface area contributed by atoms with Crippen LogP contribution in [0.3, 0.4) is 0 Å². The maximum Gasteiger partial charge on any atom is 0.301 e. The van der Waals surface area contributed by atoms with Crippen LogP contribution < -0.4 is 4.72 Å². The van der Waals surface area contributed by atoms with Gasteiger partial charge in [-0.3, -0.25) is 9.71 Å². The Balaban J connectivity index is 2.31. The molecule has 8 heteroatoms. The first-order valence-corrected chi connectivity index (χ1v) is 8.56. The van der Waals surface area contributed by atoms with Crippen LogP contribution in [0.1, 0.15) is 6.42 Å². The van der Waals surface area contributed by atoms with Crippen molar-refractivity contribution in [1.29, 1.82) is 0 Å². The summed E-state index contributed by atoms with van der Waals surface area (Å²) in [5.74, 6) is 0. The van der Waals surface area contributed by atoms with Crippen LogP contribution in [0.5, 0.6) is 0 Å². The van der Waals surface area contributed by atoms with Crippen LogP contribution in [0, 0.1) is 0 Å². The summed E-state index contributed by atoms with van der Waals surface area (Å²) in [6.07, 6.45) is 2.01. The second-order valence-electron chi connectivity index (χ2n) is 4.54. The number of aromatic nitrogens is 1. The number of benzene rings is 1. The van der Waals surface area contributed by atoms with Crippen LogP contribution in [-0.4, -0.2) is 43.0 Å². The minimum absolute atomic E-state index is 0.0519. The van der Waals surface area contributed by atoms with E-state index in [9.17, 15) is 8.42 Å². The predicted molar refractivity (Wildman–Crippen MR) is 86.3 cm³/mol. The molecule has 0 aliphatic carbocycles. The van der Waals surface area contributed by atoms with E-state index in [0.29, 0.717) is 17.6 Å². The summed E-state index contributed by atoms with van der Waals surface area (Å²) in [6, 6.07) is 7.17. The molecule has 0 aliphatic heterocycles. The van der Waals surface area contributed by atoms with Crippen LogP contribution in [0.2, 0.25) is 0 Å². The van der Waals surface area contributed by atoms with E-state index < -0.39 is 10.2 Å². The fourth-order valence-electron chi connectivity index (χ4n) is 1.85. The quantitative estimate of drug-likeness (QED) is 0.810. The van der Waals surface area contributed by atoms with Crippen LogP contribution >= 0.6 is 15.9 Å². The molecule has 0 radical (unpaired) electrons. The summed E-state index contributed by atoms with van der Waals surface area (Å²) < 4.78 is 28.9. The first-order valence-electron chi connectivity index (χ1n) is 6.33. The third-order valence-corrected chi connectivity index (χ3v) is 4.87. The van der Waals surface area contributed by atoms with E-state index in [1.807, 2.05) is 12.1 Å². The molecule has 114 valence electrons. The summed E-state index contributed by atoms with van der Waals surface area (Å²) >= 11 is 3.34. The number of nitrogens with one attached hydrogen (secondary N) is 1. The zero-order chi connectivity index (χ0) is 15.5. The third-order valence-electron chi connectivity index (χ3n) is 2.96. The molecule has 0 unspecified atom stereocenters. The molecule has 2 N–H and O–H groups in total. The van der Waals surface area contributed by atoms with Crippen molar-refractivity contribution >= 4 is 42.7 Å². The summed E-state index contributed by atoms with van der Waals surface area (Å²) in [4.78, 5) is 4.25. The first-order chi connectivity index (χ1) is 9.94. The minimum atomic E-state index is -3.67. The molecule has 0 bridgehead atoms. The van der Waals surface area contributed by atoms with E-state index in [4.69, 9.17) is 5.11 Å². The molecule has 21 heavy (non-hydrogen) atoms. The van der Waals surface area contributed by atoms with Crippen LogP contribution in [0.4, 0.5) is 5.69 Å². The van der Waals surface area contributed by atoms with E-state index in [1.54, 1.807) is 18.3 Å². The molecule has 1 aromatic carbocycles. The number of hydrogen-bond donors (Lipinski definition) is 2. The van der Waals surface area contributed by atoms with Crippen molar-refractivity contribution in [3.63, 3.8) is 0 Å². The van der Waals surface area contributed by atoms with Crippen molar-refractivity contribution in [2.75, 3.05) is 24.9 Å². The standard InChI is InChI=1S/C13H16BrN3O3S/c1-17(6-3-7-18)21(19,20)16-12-5-2-4-10-8-11(14)9-15-13(10)12/h2,4-5,8-9,16,18H,3,6-7H2,1H3. The Morgan fingerprint density at radius 1 is 1.43 bits per heavy atom. The molecule has 2 aromatic rings. The first kappa shape index (κ1) is 16.2. The number of anilines is 1. The van der Waals surface area contributed by atoms with Crippen LogP contribution in [0.25, 0.3) is 10.9 Å². The number of rotatable bonds is 6. The predicted octanol–water partition coefficient (Wildman–Crippen LogP) is 1.97. The lowest BCUT2D eigenvalue weighted by molar-refractivity contribution is 0.276. The van der Waals surface area contributed by atoms with Gasteiger partial charge in [-0.05, 0) is 34.5 Å². The molecule has 0 fully saturated rings. The van der Waals surface area contributed by atoms with Gasteiger partial charge in [0.2, 0.25) is 0 Å². The molecular formula is C13H16BrN3O3S. The topological polar surface area (TPSA) is 82.5 Å². The van der Waals surface area contributed by atoms with Gasteiger partial charge in [0, 0.05) is 36.3 Å². The van der Waals surface area contributed by atoms with E-state index in [2.05, 4.69) is 25.6 Å². The van der Waals surface area contributed by atoms with Crippen molar-refractivity contribution in [1.82, 2.24) is 9.29 Å². The summed E-state index contributed by atoms with van der Waals surface area (Å²) in [5, 5.41) is 9.62. The number of aliphatic hydroxyl groups excluding tert-OH is 1. The van der Waals surface area contributed by atoms with E-state index in [1.165, 1.54) is 11.4 Å². The molecule has 0 saturated heterocycles. The zero-order valence-corrected chi connectivity index (χ0v) is 13.9. The van der Waals surface area contributed by atoms with Crippen LogP contribution in [0.15, 0.2) is 34.9 Å². The van der Waals surface area contributed by atoms with Crippen molar-refractivity contribution < 1.29 is 13.5 Å². The average molecular weight is 374 g/mol. The van der Waals surface area contributed by atoms with Gasteiger partial charge in [-0.15, -0.1) is 0 Å². The molecule has 0 saturated carbocycles. The second-order valence-corrected chi connectivity index (χ2v) is 7.23. The fourth-order valence-corrected chi connectivity index (χ4v) is 3.16. The van der Waals surface area contributed by atoms with Gasteiger partial charge in [-0.2, -0.15) is 12.7 Å². The molecule has 2 rings (SSSR count). The SMILES string of the molecule is CN(CCCO)S(=O)(=O)Nc1cccc2cc(Br)cnc12. The van der Waals surface area contributed by atoms with Crippen molar-refractivity contribution in [3.8, 4) is 0 Å². The zero-order valence-electron chi connectivity index (χ0n) is 11.5. The Labute approximate surface area is 132 Å². The molecule has 0 aliphatic rings. The smallest absolute Gasteiger partial charge is 0.301 e. The summed E-state index contributed by atoms with van der Waals surface area (Å²) in [7, 11) is -2.20. The second kappa shape index (κ2) is 6.69. The van der Waals surface area contributed by atoms with Gasteiger partial charge in [0.25, 0.3) is 0 Å². The van der Waals surface area contributed by atoms with Gasteiger partial charge >= 0.3 is 10.2 Å². The van der Waals surface area contributed by atoms with Gasteiger partial charge in [-0.1, -0.05) is 12.1 Å². The maximum absolute atomic E-state index is 12.2. The summed E-state index contributed by atoms with van der Waals surface area (Å²) in [5.41, 5.74) is 1.01. The lowest BCUT2D eigenvalue weighted by Gasteiger charge is -2.18. The number of nitrogens with zero attached hydrogens (tertiary/aromatic N) is 2. The number of fused-ring (bicyclic) bond motifs is 1. The van der Waals surface area contributed by atoms with Crippen molar-refractivity contribution in [2.45, 2.75) is 6.42 Å². The lowest BCUT2D eigenvalue weighted by Crippen LogP contribution is -2.33. The maximum atomic E-state index is 12.2. The average Bonchev–Trinajstić information content (AvgIpc) is 2.44. The number of aliphatic hydroxyl groups is 1. The number of halogens is 1. The Kier molecular flexibility index (Phi) is 5.15. The Morgan fingerprint density at radius 3 is 2.90 bits per heavy atom. The molecule has 1 aromatic heterocycles. The van der Waals surface area contributed by atoms with Gasteiger partial charge < -0.3 is 5.11 Å². The molecule has 1 heterocycles. The van der Waals surface area contributed by atoms with Crippen molar-refractivity contribution in [3.05, 3.63) is 34.9 Å². The fraction of sp³-hybridized carbons (Fsp3) is 0.308. The lowest BCUT2D eigenvalue weighted by atomic mass is 10.2.